The van der Waals surface area contributed by atoms with E-state index in [9.17, 15) is 14.9 Å². The molecule has 1 atom stereocenters. The number of benzene rings is 1. The van der Waals surface area contributed by atoms with E-state index < -0.39 is 4.92 Å². The Morgan fingerprint density at radius 1 is 1.19 bits per heavy atom. The molecule has 7 heteroatoms. The predicted molar refractivity (Wildman–Crippen MR) is 124 cm³/mol. The zero-order valence-electron chi connectivity index (χ0n) is 18.8. The fourth-order valence-corrected chi connectivity index (χ4v) is 3.82. The molecule has 0 spiro atoms. The molecule has 2 aromatic rings. The number of aromatic nitrogens is 1. The lowest BCUT2D eigenvalue weighted by atomic mass is 9.87. The number of hydrogen-bond acceptors (Lipinski definition) is 6. The number of ether oxygens (including phenoxy) is 1. The van der Waals surface area contributed by atoms with Crippen LogP contribution in [-0.4, -0.2) is 22.5 Å². The molecule has 1 aliphatic rings. The molecule has 1 aromatic heterocycles. The van der Waals surface area contributed by atoms with E-state index in [1.165, 1.54) is 12.1 Å². The zero-order valence-corrected chi connectivity index (χ0v) is 18.8. The summed E-state index contributed by atoms with van der Waals surface area (Å²) in [5.41, 5.74) is 4.49. The van der Waals surface area contributed by atoms with Gasteiger partial charge in [-0.05, 0) is 31.9 Å². The summed E-state index contributed by atoms with van der Waals surface area (Å²) in [6.45, 7) is 6.39. The van der Waals surface area contributed by atoms with Crippen LogP contribution in [0.25, 0.3) is 11.3 Å². The van der Waals surface area contributed by atoms with E-state index in [0.29, 0.717) is 23.4 Å². The number of nitro groups is 1. The molecule has 1 aliphatic heterocycles. The summed E-state index contributed by atoms with van der Waals surface area (Å²) in [5, 5.41) is 14.3. The van der Waals surface area contributed by atoms with E-state index in [2.05, 4.69) is 17.2 Å². The van der Waals surface area contributed by atoms with Gasteiger partial charge in [0.15, 0.2) is 0 Å². The second-order valence-corrected chi connectivity index (χ2v) is 7.97. The van der Waals surface area contributed by atoms with Crippen molar-refractivity contribution in [2.45, 2.75) is 52.4 Å². The van der Waals surface area contributed by atoms with Crippen molar-refractivity contribution in [3.05, 3.63) is 81.3 Å². The average molecular weight is 436 g/mol. The number of unbranched alkanes of at least 4 members (excludes halogenated alkanes) is 3. The molecule has 1 N–H and O–H groups in total. The van der Waals surface area contributed by atoms with Crippen molar-refractivity contribution in [2.24, 2.45) is 0 Å². The first-order valence-electron chi connectivity index (χ1n) is 10.9. The molecule has 0 saturated heterocycles. The molecular weight excluding hydrogens is 406 g/mol. The lowest BCUT2D eigenvalue weighted by Crippen LogP contribution is -2.26. The topological polar surface area (TPSA) is 94.4 Å². The molecular formula is C25H29N3O4. The van der Waals surface area contributed by atoms with Crippen LogP contribution in [0.1, 0.15) is 57.9 Å². The van der Waals surface area contributed by atoms with Gasteiger partial charge in [-0.1, -0.05) is 50.5 Å². The number of carbonyl (C=O) groups excluding carboxylic acids is 1. The first kappa shape index (κ1) is 23.2. The van der Waals surface area contributed by atoms with E-state index in [-0.39, 0.29) is 17.6 Å². The van der Waals surface area contributed by atoms with Gasteiger partial charge in [-0.25, -0.2) is 4.79 Å². The summed E-state index contributed by atoms with van der Waals surface area (Å²) in [4.78, 5) is 28.0. The summed E-state index contributed by atoms with van der Waals surface area (Å²) < 4.78 is 5.56. The minimum Gasteiger partial charge on any atom is -0.462 e. The van der Waals surface area contributed by atoms with Gasteiger partial charge in [0.1, 0.15) is 0 Å². The van der Waals surface area contributed by atoms with Crippen LogP contribution in [0.3, 0.4) is 0 Å². The third-order valence-corrected chi connectivity index (χ3v) is 5.47. The van der Waals surface area contributed by atoms with Crippen LogP contribution >= 0.6 is 0 Å². The second kappa shape index (κ2) is 10.7. The van der Waals surface area contributed by atoms with Crippen molar-refractivity contribution in [2.75, 3.05) is 6.61 Å². The summed E-state index contributed by atoms with van der Waals surface area (Å²) in [7, 11) is 0. The number of esters is 1. The molecule has 0 aliphatic carbocycles. The molecule has 7 nitrogen and oxygen atoms in total. The van der Waals surface area contributed by atoms with Crippen molar-refractivity contribution in [1.29, 1.82) is 0 Å². The highest BCUT2D eigenvalue weighted by Crippen LogP contribution is 2.33. The first-order chi connectivity index (χ1) is 15.4. The third-order valence-electron chi connectivity index (χ3n) is 5.47. The summed E-state index contributed by atoms with van der Waals surface area (Å²) in [6, 6.07) is 10.1. The van der Waals surface area contributed by atoms with E-state index in [0.717, 1.165) is 42.6 Å². The Hall–Kier alpha value is -3.48. The van der Waals surface area contributed by atoms with Crippen molar-refractivity contribution in [3.8, 4) is 11.3 Å². The fourth-order valence-electron chi connectivity index (χ4n) is 3.82. The smallest absolute Gasteiger partial charge is 0.336 e. The fraction of sp³-hybridized carbons (Fsp3) is 0.360. The van der Waals surface area contributed by atoms with Gasteiger partial charge in [-0.3, -0.25) is 15.1 Å². The number of non-ortho nitro benzene ring substituents is 1. The van der Waals surface area contributed by atoms with Gasteiger partial charge in [-0.15, -0.1) is 0 Å². The minimum absolute atomic E-state index is 0.0211. The molecule has 3 rings (SSSR count). The molecule has 0 amide bonds. The standard InChI is InChI=1S/C25H29N3O4/c1-4-5-6-7-13-32-25(29)24-18(3)27-17(2)14-22(24)20-11-12-23(26-16-20)19-9-8-10-21(15-19)28(30)31/h8-12,14-16,22,27H,4-7,13H2,1-3H3. The van der Waals surface area contributed by atoms with Gasteiger partial charge >= 0.3 is 5.97 Å². The van der Waals surface area contributed by atoms with E-state index in [1.54, 1.807) is 18.3 Å². The first-order valence-corrected chi connectivity index (χ1v) is 10.9. The average Bonchev–Trinajstić information content (AvgIpc) is 2.78. The lowest BCUT2D eigenvalue weighted by Gasteiger charge is -2.25. The Bertz CT molecular complexity index is 1040. The monoisotopic (exact) mass is 435 g/mol. The maximum atomic E-state index is 12.9. The maximum absolute atomic E-state index is 12.9. The Morgan fingerprint density at radius 3 is 2.69 bits per heavy atom. The Morgan fingerprint density at radius 2 is 2.00 bits per heavy atom. The molecule has 1 unspecified atom stereocenters. The number of nitro benzene ring substituents is 1. The SMILES string of the molecule is CCCCCCOC(=O)C1=C(C)NC(C)=CC1c1ccc(-c2cccc([N+](=O)[O-])c2)nc1. The van der Waals surface area contributed by atoms with Crippen LogP contribution in [-0.2, 0) is 9.53 Å². The molecule has 1 aromatic carbocycles. The zero-order chi connectivity index (χ0) is 23.1. The maximum Gasteiger partial charge on any atom is 0.336 e. The number of dihydropyridines is 1. The number of nitrogens with zero attached hydrogens (tertiary/aromatic N) is 2. The van der Waals surface area contributed by atoms with Crippen LogP contribution < -0.4 is 5.32 Å². The van der Waals surface area contributed by atoms with Crippen molar-refractivity contribution >= 4 is 11.7 Å². The summed E-state index contributed by atoms with van der Waals surface area (Å²) >= 11 is 0. The number of hydrogen-bond donors (Lipinski definition) is 1. The minimum atomic E-state index is -0.422. The van der Waals surface area contributed by atoms with Crippen molar-refractivity contribution in [3.63, 3.8) is 0 Å². The summed E-state index contributed by atoms with van der Waals surface area (Å²) in [5.74, 6) is -0.589. The van der Waals surface area contributed by atoms with Crippen LogP contribution in [0.4, 0.5) is 5.69 Å². The quantitative estimate of drug-likeness (QED) is 0.237. The highest BCUT2D eigenvalue weighted by Gasteiger charge is 2.28. The van der Waals surface area contributed by atoms with Gasteiger partial charge in [-0.2, -0.15) is 0 Å². The van der Waals surface area contributed by atoms with Crippen molar-refractivity contribution in [1.82, 2.24) is 10.3 Å². The van der Waals surface area contributed by atoms with Crippen LogP contribution in [0.2, 0.25) is 0 Å². The van der Waals surface area contributed by atoms with Crippen molar-refractivity contribution < 1.29 is 14.5 Å². The molecule has 0 saturated carbocycles. The molecule has 168 valence electrons. The Kier molecular flexibility index (Phi) is 7.76. The van der Waals surface area contributed by atoms with Gasteiger partial charge in [0.2, 0.25) is 0 Å². The highest BCUT2D eigenvalue weighted by atomic mass is 16.6. The van der Waals surface area contributed by atoms with Crippen LogP contribution in [0, 0.1) is 10.1 Å². The lowest BCUT2D eigenvalue weighted by molar-refractivity contribution is -0.384. The summed E-state index contributed by atoms with van der Waals surface area (Å²) in [6.07, 6.45) is 7.88. The van der Waals surface area contributed by atoms with Crippen LogP contribution in [0.5, 0.6) is 0 Å². The van der Waals surface area contributed by atoms with Crippen LogP contribution in [0.15, 0.2) is 65.6 Å². The number of carbonyl (C=O) groups is 1. The van der Waals surface area contributed by atoms with E-state index in [1.807, 2.05) is 32.1 Å². The second-order valence-electron chi connectivity index (χ2n) is 7.97. The normalized spacial score (nSPS) is 15.7. The molecule has 0 radical (unpaired) electrons. The number of pyridine rings is 1. The van der Waals surface area contributed by atoms with E-state index in [4.69, 9.17) is 4.74 Å². The number of nitrogens with one attached hydrogen (secondary N) is 1. The highest BCUT2D eigenvalue weighted by molar-refractivity contribution is 5.92. The number of rotatable bonds is 9. The Balaban J connectivity index is 1.81. The largest absolute Gasteiger partial charge is 0.462 e. The van der Waals surface area contributed by atoms with Gasteiger partial charge < -0.3 is 10.1 Å². The molecule has 32 heavy (non-hydrogen) atoms. The molecule has 2 heterocycles. The molecule has 0 bridgehead atoms. The van der Waals surface area contributed by atoms with Gasteiger partial charge in [0.05, 0.1) is 22.8 Å². The molecule has 0 fully saturated rings. The van der Waals surface area contributed by atoms with E-state index >= 15 is 0 Å². The third kappa shape index (κ3) is 5.60. The van der Waals surface area contributed by atoms with Gasteiger partial charge in [0, 0.05) is 41.2 Å². The number of allylic oxidation sites excluding steroid dienone is 3. The van der Waals surface area contributed by atoms with Gasteiger partial charge in [0.25, 0.3) is 5.69 Å². The Labute approximate surface area is 188 Å². The predicted octanol–water partition coefficient (Wildman–Crippen LogP) is 5.64.